The van der Waals surface area contributed by atoms with E-state index in [9.17, 15) is 14.4 Å². The van der Waals surface area contributed by atoms with Gasteiger partial charge in [-0.15, -0.1) is 0 Å². The van der Waals surface area contributed by atoms with E-state index in [-0.39, 0.29) is 24.6 Å². The van der Waals surface area contributed by atoms with Crippen molar-refractivity contribution in [3.8, 4) is 11.5 Å². The van der Waals surface area contributed by atoms with E-state index in [1.165, 1.54) is 19.1 Å². The van der Waals surface area contributed by atoms with Crippen LogP contribution in [0.25, 0.3) is 0 Å². The second-order valence-electron chi connectivity index (χ2n) is 9.76. The van der Waals surface area contributed by atoms with Crippen molar-refractivity contribution in [3.05, 3.63) is 69.9 Å². The van der Waals surface area contributed by atoms with E-state index in [4.69, 9.17) is 25.8 Å². The highest BCUT2D eigenvalue weighted by Gasteiger charge is 2.39. The van der Waals surface area contributed by atoms with Gasteiger partial charge in [0.1, 0.15) is 11.5 Å². The van der Waals surface area contributed by atoms with E-state index in [1.54, 1.807) is 56.4 Å². The van der Waals surface area contributed by atoms with Crippen molar-refractivity contribution >= 4 is 29.5 Å². The number of carbonyl (C=O) groups is 3. The third-order valence-corrected chi connectivity index (χ3v) is 7.47. The molecule has 0 spiro atoms. The molecule has 0 bridgehead atoms. The summed E-state index contributed by atoms with van der Waals surface area (Å²) in [6, 6.07) is 10.9. The van der Waals surface area contributed by atoms with Crippen LogP contribution in [0.5, 0.6) is 11.5 Å². The maximum absolute atomic E-state index is 13.4. The van der Waals surface area contributed by atoms with Crippen LogP contribution in [0.3, 0.4) is 0 Å². The van der Waals surface area contributed by atoms with Crippen molar-refractivity contribution in [2.24, 2.45) is 0 Å². The average Bonchev–Trinajstić information content (AvgIpc) is 2.95. The van der Waals surface area contributed by atoms with Gasteiger partial charge in [-0.3, -0.25) is 14.6 Å². The van der Waals surface area contributed by atoms with Crippen molar-refractivity contribution in [2.75, 3.05) is 54.1 Å². The molecule has 0 aromatic heterocycles. The van der Waals surface area contributed by atoms with Gasteiger partial charge in [-0.05, 0) is 55.8 Å². The van der Waals surface area contributed by atoms with E-state index in [2.05, 4.69) is 10.2 Å². The van der Waals surface area contributed by atoms with Gasteiger partial charge in [-0.25, -0.2) is 9.59 Å². The fourth-order valence-electron chi connectivity index (χ4n) is 5.09. The number of urea groups is 1. The molecule has 2 aromatic carbocycles. The number of amides is 3. The fourth-order valence-corrected chi connectivity index (χ4v) is 5.22. The van der Waals surface area contributed by atoms with Crippen molar-refractivity contribution in [3.63, 3.8) is 0 Å². The molecule has 1 saturated heterocycles. The molecule has 2 atom stereocenters. The lowest BCUT2D eigenvalue weighted by Gasteiger charge is -2.42. The van der Waals surface area contributed by atoms with E-state index >= 15 is 0 Å². The first kappa shape index (κ1) is 29.2. The Bertz CT molecular complexity index is 1280. The van der Waals surface area contributed by atoms with E-state index in [0.29, 0.717) is 65.1 Å². The molecule has 4 rings (SSSR count). The summed E-state index contributed by atoms with van der Waals surface area (Å²) in [5, 5.41) is 3.51. The minimum absolute atomic E-state index is 0.0588. The lowest BCUT2D eigenvalue weighted by molar-refractivity contribution is -0.139. The highest BCUT2D eigenvalue weighted by atomic mass is 35.5. The normalized spacial score (nSPS) is 19.8. The molecule has 1 fully saturated rings. The number of hydrogen-bond donors (Lipinski definition) is 1. The number of benzene rings is 2. The van der Waals surface area contributed by atoms with E-state index < -0.39 is 12.0 Å². The van der Waals surface area contributed by atoms with Crippen molar-refractivity contribution in [2.45, 2.75) is 25.9 Å². The number of carbonyl (C=O) groups excluding carboxylic acids is 3. The number of hydrogen-bond acceptors (Lipinski definition) is 7. The monoisotopic (exact) mass is 570 g/mol. The molecule has 3 amide bonds. The number of ether oxygens (including phenoxy) is 3. The molecule has 2 aliphatic rings. The number of methoxy groups -OCH3 is 2. The minimum Gasteiger partial charge on any atom is -0.497 e. The minimum atomic E-state index is -0.771. The number of halogens is 1. The molecular formula is C29H35ClN4O6. The Morgan fingerprint density at radius 1 is 1.05 bits per heavy atom. The molecule has 0 aliphatic carbocycles. The van der Waals surface area contributed by atoms with Gasteiger partial charge in [0.15, 0.2) is 0 Å². The molecule has 1 N–H and O–H groups in total. The number of piperazine rings is 1. The van der Waals surface area contributed by atoms with Crippen molar-refractivity contribution in [1.29, 1.82) is 0 Å². The van der Waals surface area contributed by atoms with Crippen LogP contribution in [-0.4, -0.2) is 92.7 Å². The molecule has 2 heterocycles. The summed E-state index contributed by atoms with van der Waals surface area (Å²) in [6.07, 6.45) is 0. The Morgan fingerprint density at radius 3 is 2.27 bits per heavy atom. The van der Waals surface area contributed by atoms with Crippen molar-refractivity contribution < 1.29 is 28.6 Å². The third kappa shape index (κ3) is 6.18. The predicted molar refractivity (Wildman–Crippen MR) is 151 cm³/mol. The summed E-state index contributed by atoms with van der Waals surface area (Å²) >= 11 is 5.98. The first-order chi connectivity index (χ1) is 19.2. The number of nitrogens with zero attached hydrogens (tertiary/aromatic N) is 3. The molecule has 2 aliphatic heterocycles. The molecule has 0 unspecified atom stereocenters. The Hall–Kier alpha value is -3.76. The van der Waals surface area contributed by atoms with Crippen LogP contribution in [0.1, 0.15) is 35.8 Å². The second kappa shape index (κ2) is 12.6. The second-order valence-corrected chi connectivity index (χ2v) is 10.2. The van der Waals surface area contributed by atoms with Gasteiger partial charge >= 0.3 is 12.0 Å². The van der Waals surface area contributed by atoms with Crippen LogP contribution in [-0.2, 0) is 9.53 Å². The van der Waals surface area contributed by atoms with Gasteiger partial charge in [0, 0.05) is 61.6 Å². The van der Waals surface area contributed by atoms with Gasteiger partial charge in [0.2, 0.25) is 0 Å². The standard InChI is InChI=1S/C29H35ClN4O6/c1-6-40-28(36)25-24(32(3)29(37)31-26(25)20-13-22(38-4)15-23(14-20)39-5)17-33-11-12-34(18(2)16-33)27(35)19-7-9-21(30)10-8-19/h7-10,13-15,18,26H,6,11-12,16-17H2,1-5H3,(H,31,37)/t18-,26+/m0/s1. The Labute approximate surface area is 239 Å². The maximum atomic E-state index is 13.4. The van der Waals surface area contributed by atoms with Crippen LogP contribution < -0.4 is 14.8 Å². The summed E-state index contributed by atoms with van der Waals surface area (Å²) in [5.74, 6) is 0.488. The number of likely N-dealkylation sites (N-methyl/N-ethyl adjacent to an activating group) is 1. The highest BCUT2D eigenvalue weighted by molar-refractivity contribution is 6.30. The molecule has 0 saturated carbocycles. The summed E-state index contributed by atoms with van der Waals surface area (Å²) in [6.45, 7) is 5.86. The first-order valence-corrected chi connectivity index (χ1v) is 13.5. The molecule has 10 nitrogen and oxygen atoms in total. The molecular weight excluding hydrogens is 536 g/mol. The van der Waals surface area contributed by atoms with Gasteiger partial charge in [-0.2, -0.15) is 0 Å². The van der Waals surface area contributed by atoms with Crippen molar-refractivity contribution in [1.82, 2.24) is 20.0 Å². The third-order valence-electron chi connectivity index (χ3n) is 7.22. The Morgan fingerprint density at radius 2 is 1.70 bits per heavy atom. The van der Waals surface area contributed by atoms with E-state index in [1.807, 2.05) is 11.8 Å². The SMILES string of the molecule is CCOC(=O)C1=C(CN2CCN(C(=O)c3ccc(Cl)cc3)[C@@H](C)C2)N(C)C(=O)N[C@@H]1c1cc(OC)cc(OC)c1. The van der Waals surface area contributed by atoms with Crippen LogP contribution in [0.2, 0.25) is 5.02 Å². The molecule has 2 aromatic rings. The summed E-state index contributed by atoms with van der Waals surface area (Å²) in [7, 11) is 4.71. The Kier molecular flexibility index (Phi) is 9.21. The Balaban J connectivity index is 1.64. The summed E-state index contributed by atoms with van der Waals surface area (Å²) < 4.78 is 16.3. The van der Waals surface area contributed by atoms with E-state index in [0.717, 1.165) is 0 Å². The lowest BCUT2D eigenvalue weighted by Crippen LogP contribution is -2.56. The first-order valence-electron chi connectivity index (χ1n) is 13.1. The number of esters is 1. The van der Waals surface area contributed by atoms with Gasteiger partial charge in [-0.1, -0.05) is 11.6 Å². The zero-order valence-electron chi connectivity index (χ0n) is 23.4. The zero-order chi connectivity index (χ0) is 29.0. The van der Waals surface area contributed by atoms with Crippen LogP contribution in [0.15, 0.2) is 53.7 Å². The maximum Gasteiger partial charge on any atom is 0.338 e. The van der Waals surface area contributed by atoms with Crippen LogP contribution in [0.4, 0.5) is 4.79 Å². The van der Waals surface area contributed by atoms with Crippen LogP contribution >= 0.6 is 11.6 Å². The smallest absolute Gasteiger partial charge is 0.338 e. The van der Waals surface area contributed by atoms with Crippen LogP contribution in [0, 0.1) is 0 Å². The number of nitrogens with one attached hydrogen (secondary N) is 1. The van der Waals surface area contributed by atoms with Gasteiger partial charge < -0.3 is 24.4 Å². The lowest BCUT2D eigenvalue weighted by atomic mass is 9.93. The van der Waals surface area contributed by atoms with Gasteiger partial charge in [0.25, 0.3) is 5.91 Å². The largest absolute Gasteiger partial charge is 0.497 e. The number of rotatable bonds is 8. The quantitative estimate of drug-likeness (QED) is 0.483. The van der Waals surface area contributed by atoms with Gasteiger partial charge in [0.05, 0.1) is 32.4 Å². The topological polar surface area (TPSA) is 101 Å². The molecule has 214 valence electrons. The molecule has 11 heteroatoms. The average molecular weight is 571 g/mol. The molecule has 0 radical (unpaired) electrons. The summed E-state index contributed by atoms with van der Waals surface area (Å²) in [5.41, 5.74) is 2.09. The molecule has 40 heavy (non-hydrogen) atoms. The predicted octanol–water partition coefficient (Wildman–Crippen LogP) is 3.72. The zero-order valence-corrected chi connectivity index (χ0v) is 24.2. The fraction of sp³-hybridized carbons (Fsp3) is 0.414. The highest BCUT2D eigenvalue weighted by Crippen LogP contribution is 2.35. The summed E-state index contributed by atoms with van der Waals surface area (Å²) in [4.78, 5) is 45.1.